The lowest BCUT2D eigenvalue weighted by molar-refractivity contribution is 0.151. The third-order valence-corrected chi connectivity index (χ3v) is 2.28. The van der Waals surface area contributed by atoms with Crippen LogP contribution in [-0.4, -0.2) is 4.98 Å². The van der Waals surface area contributed by atoms with Crippen molar-refractivity contribution in [3.8, 4) is 0 Å². The maximum atomic E-state index is 12.2. The van der Waals surface area contributed by atoms with Gasteiger partial charge in [-0.2, -0.15) is 0 Å². The van der Waals surface area contributed by atoms with E-state index < -0.39 is 6.43 Å². The van der Waals surface area contributed by atoms with Gasteiger partial charge >= 0.3 is 0 Å². The van der Waals surface area contributed by atoms with Crippen molar-refractivity contribution in [2.45, 2.75) is 11.8 Å². The third kappa shape index (κ3) is 2.14. The number of aromatic nitrogens is 1. The number of hydrogen-bond acceptors (Lipinski definition) is 1. The second-order valence-corrected chi connectivity index (χ2v) is 3.08. The molecule has 0 N–H and O–H groups in total. The summed E-state index contributed by atoms with van der Waals surface area (Å²) in [5, 5.41) is 0.367. The Hall–Kier alpha value is -0.220. The number of nitrogens with zero attached hydrogens (tertiary/aromatic N) is 1. The largest absolute Gasteiger partial charge is 0.266 e. The van der Waals surface area contributed by atoms with Gasteiger partial charge in [-0.3, -0.25) is 0 Å². The van der Waals surface area contributed by atoms with Gasteiger partial charge in [0.05, 0.1) is 5.56 Å². The van der Waals surface area contributed by atoms with Crippen molar-refractivity contribution in [2.24, 2.45) is 0 Å². The number of hydrogen-bond donors (Lipinski definition) is 0. The quantitative estimate of drug-likeness (QED) is 0.582. The summed E-state index contributed by atoms with van der Waals surface area (Å²) in [6, 6.07) is 1.34. The number of halogens is 4. The average Bonchev–Trinajstić information content (AvgIpc) is 2.05. The minimum absolute atomic E-state index is 0.130. The van der Waals surface area contributed by atoms with Crippen molar-refractivity contribution >= 4 is 27.5 Å². The topological polar surface area (TPSA) is 12.9 Å². The van der Waals surface area contributed by atoms with Gasteiger partial charge in [0.2, 0.25) is 0 Å². The van der Waals surface area contributed by atoms with Crippen LogP contribution >= 0.6 is 27.5 Å². The monoisotopic (exact) mass is 255 g/mol. The van der Waals surface area contributed by atoms with Crippen LogP contribution in [-0.2, 0) is 5.33 Å². The number of alkyl halides is 3. The Morgan fingerprint density at radius 3 is 2.75 bits per heavy atom. The van der Waals surface area contributed by atoms with Gasteiger partial charge in [-0.15, -0.1) is 0 Å². The highest BCUT2D eigenvalue weighted by atomic mass is 79.9. The maximum Gasteiger partial charge on any atom is 0.266 e. The zero-order chi connectivity index (χ0) is 9.14. The van der Waals surface area contributed by atoms with E-state index in [1.54, 1.807) is 0 Å². The molecule has 0 saturated heterocycles. The van der Waals surface area contributed by atoms with Crippen molar-refractivity contribution in [3.63, 3.8) is 0 Å². The third-order valence-electron chi connectivity index (χ3n) is 1.31. The molecule has 5 heteroatoms. The van der Waals surface area contributed by atoms with Crippen LogP contribution in [0.4, 0.5) is 8.78 Å². The first-order valence-corrected chi connectivity index (χ1v) is 4.63. The molecule has 0 unspecified atom stereocenters. The molecule has 0 saturated carbocycles. The Bertz CT molecular complexity index is 280. The summed E-state index contributed by atoms with van der Waals surface area (Å²) >= 11 is 8.58. The van der Waals surface area contributed by atoms with E-state index in [0.717, 1.165) is 0 Å². The standard InChI is InChI=1S/C7H5BrClF2N/c8-2-4-1-5(7(10)11)6(9)12-3-4/h1,3,7H,2H2. The Morgan fingerprint density at radius 1 is 1.58 bits per heavy atom. The molecule has 0 bridgehead atoms. The lowest BCUT2D eigenvalue weighted by Crippen LogP contribution is -1.91. The van der Waals surface area contributed by atoms with E-state index in [-0.39, 0.29) is 10.7 Å². The number of pyridine rings is 1. The van der Waals surface area contributed by atoms with Crippen LogP contribution in [0.3, 0.4) is 0 Å². The molecule has 0 aromatic carbocycles. The van der Waals surface area contributed by atoms with E-state index in [1.807, 2.05) is 0 Å². The van der Waals surface area contributed by atoms with Gasteiger partial charge in [-0.1, -0.05) is 27.5 Å². The zero-order valence-electron chi connectivity index (χ0n) is 5.90. The highest BCUT2D eigenvalue weighted by molar-refractivity contribution is 9.08. The summed E-state index contributed by atoms with van der Waals surface area (Å²) in [5.74, 6) is 0. The molecular weight excluding hydrogens is 251 g/mol. The molecular formula is C7H5BrClF2N. The molecule has 12 heavy (non-hydrogen) atoms. The molecule has 0 aliphatic heterocycles. The average molecular weight is 256 g/mol. The smallest absolute Gasteiger partial charge is 0.244 e. The van der Waals surface area contributed by atoms with Crippen molar-refractivity contribution in [3.05, 3.63) is 28.5 Å². The second kappa shape index (κ2) is 4.14. The predicted octanol–water partition coefficient (Wildman–Crippen LogP) is 3.57. The summed E-state index contributed by atoms with van der Waals surface area (Å²) in [7, 11) is 0. The molecule has 1 nitrogen and oxygen atoms in total. The second-order valence-electron chi connectivity index (χ2n) is 2.16. The van der Waals surface area contributed by atoms with Crippen molar-refractivity contribution in [1.82, 2.24) is 4.98 Å². The predicted molar refractivity (Wildman–Crippen MR) is 46.8 cm³/mol. The molecule has 0 atom stereocenters. The van der Waals surface area contributed by atoms with Gasteiger partial charge in [-0.25, -0.2) is 13.8 Å². The van der Waals surface area contributed by atoms with E-state index in [0.29, 0.717) is 10.9 Å². The molecule has 0 aliphatic rings. The lowest BCUT2D eigenvalue weighted by Gasteiger charge is -2.03. The van der Waals surface area contributed by atoms with Crippen LogP contribution in [0.1, 0.15) is 17.6 Å². The van der Waals surface area contributed by atoms with Crippen molar-refractivity contribution in [2.75, 3.05) is 0 Å². The van der Waals surface area contributed by atoms with Crippen LogP contribution < -0.4 is 0 Å². The first-order chi connectivity index (χ1) is 5.65. The summed E-state index contributed by atoms with van der Waals surface area (Å²) in [6.45, 7) is 0. The first-order valence-electron chi connectivity index (χ1n) is 3.13. The lowest BCUT2D eigenvalue weighted by atomic mass is 10.2. The minimum Gasteiger partial charge on any atom is -0.244 e. The van der Waals surface area contributed by atoms with Gasteiger partial charge in [0, 0.05) is 11.5 Å². The molecule has 0 spiro atoms. The summed E-state index contributed by atoms with van der Waals surface area (Å²) in [4.78, 5) is 3.63. The van der Waals surface area contributed by atoms with Gasteiger partial charge in [-0.05, 0) is 11.6 Å². The zero-order valence-corrected chi connectivity index (χ0v) is 8.24. The van der Waals surface area contributed by atoms with Gasteiger partial charge in [0.15, 0.2) is 0 Å². The first kappa shape index (κ1) is 9.86. The Balaban J connectivity index is 3.08. The summed E-state index contributed by atoms with van der Waals surface area (Å²) < 4.78 is 24.4. The summed E-state index contributed by atoms with van der Waals surface area (Å²) in [5.41, 5.74) is 0.475. The van der Waals surface area contributed by atoms with E-state index >= 15 is 0 Å². The van der Waals surface area contributed by atoms with Crippen LogP contribution in [0.15, 0.2) is 12.3 Å². The highest BCUT2D eigenvalue weighted by Crippen LogP contribution is 2.26. The van der Waals surface area contributed by atoms with E-state index in [2.05, 4.69) is 20.9 Å². The Labute approximate surface area is 81.9 Å². The van der Waals surface area contributed by atoms with Crippen LogP contribution in [0.2, 0.25) is 5.15 Å². The van der Waals surface area contributed by atoms with E-state index in [1.165, 1.54) is 12.3 Å². The van der Waals surface area contributed by atoms with Crippen molar-refractivity contribution < 1.29 is 8.78 Å². The fourth-order valence-corrected chi connectivity index (χ4v) is 1.23. The van der Waals surface area contributed by atoms with E-state index in [4.69, 9.17) is 11.6 Å². The number of rotatable bonds is 2. The van der Waals surface area contributed by atoms with E-state index in [9.17, 15) is 8.78 Å². The Kier molecular flexibility index (Phi) is 3.40. The SMILES string of the molecule is FC(F)c1cc(CBr)cnc1Cl. The molecule has 1 aromatic heterocycles. The molecule has 66 valence electrons. The molecule has 0 aliphatic carbocycles. The van der Waals surface area contributed by atoms with Gasteiger partial charge in [0.1, 0.15) is 5.15 Å². The van der Waals surface area contributed by atoms with Crippen molar-refractivity contribution in [1.29, 1.82) is 0 Å². The molecule has 0 radical (unpaired) electrons. The molecule has 1 aromatic rings. The van der Waals surface area contributed by atoms with Crippen LogP contribution in [0.5, 0.6) is 0 Å². The highest BCUT2D eigenvalue weighted by Gasteiger charge is 2.12. The van der Waals surface area contributed by atoms with Crippen LogP contribution in [0.25, 0.3) is 0 Å². The maximum absolute atomic E-state index is 12.2. The Morgan fingerprint density at radius 2 is 2.25 bits per heavy atom. The minimum atomic E-state index is -2.57. The van der Waals surface area contributed by atoms with Gasteiger partial charge < -0.3 is 0 Å². The normalized spacial score (nSPS) is 10.8. The van der Waals surface area contributed by atoms with Crippen LogP contribution in [0, 0.1) is 0 Å². The summed E-state index contributed by atoms with van der Waals surface area (Å²) in [6.07, 6.45) is -1.10. The molecule has 1 rings (SSSR count). The fourth-order valence-electron chi connectivity index (χ4n) is 0.737. The molecule has 1 heterocycles. The fraction of sp³-hybridized carbons (Fsp3) is 0.286. The molecule has 0 fully saturated rings. The molecule has 0 amide bonds. The van der Waals surface area contributed by atoms with Gasteiger partial charge in [0.25, 0.3) is 6.43 Å².